The molecule has 1 aliphatic heterocycles. The zero-order valence-electron chi connectivity index (χ0n) is 18.4. The Balaban J connectivity index is 1.49. The molecule has 0 bridgehead atoms. The second kappa shape index (κ2) is 9.33. The van der Waals surface area contributed by atoms with Crippen LogP contribution in [-0.4, -0.2) is 61.7 Å². The Morgan fingerprint density at radius 3 is 2.79 bits per heavy atom. The number of hydrogen-bond acceptors (Lipinski definition) is 7. The number of nitrogens with one attached hydrogen (secondary N) is 1. The number of nitrogens with zero attached hydrogens (tertiary/aromatic N) is 6. The van der Waals surface area contributed by atoms with Crippen LogP contribution < -0.4 is 5.32 Å². The van der Waals surface area contributed by atoms with Crippen LogP contribution >= 0.6 is 0 Å². The number of fused-ring (bicyclic) bond motifs is 1. The van der Waals surface area contributed by atoms with Crippen molar-refractivity contribution in [2.24, 2.45) is 0 Å². The van der Waals surface area contributed by atoms with E-state index in [1.807, 2.05) is 47.4 Å². The lowest BCUT2D eigenvalue weighted by Gasteiger charge is -2.27. The fourth-order valence-electron chi connectivity index (χ4n) is 3.83. The Morgan fingerprint density at radius 1 is 1.12 bits per heavy atom. The number of ether oxygens (including phenoxy) is 1. The summed E-state index contributed by atoms with van der Waals surface area (Å²) in [5.41, 5.74) is 3.18. The molecule has 9 nitrogen and oxygen atoms in total. The summed E-state index contributed by atoms with van der Waals surface area (Å²) in [4.78, 5) is 28.2. The molecule has 168 valence electrons. The Kier molecular flexibility index (Phi) is 5.95. The van der Waals surface area contributed by atoms with E-state index < -0.39 is 0 Å². The van der Waals surface area contributed by atoms with Gasteiger partial charge < -0.3 is 15.0 Å². The highest BCUT2D eigenvalue weighted by atomic mass is 16.5. The fourth-order valence-corrected chi connectivity index (χ4v) is 3.83. The normalized spacial score (nSPS) is 13.9. The number of anilines is 2. The quantitative estimate of drug-likeness (QED) is 0.488. The van der Waals surface area contributed by atoms with Crippen molar-refractivity contribution in [3.8, 4) is 11.4 Å². The average molecular weight is 444 g/mol. The Hall–Kier alpha value is -3.85. The molecule has 1 aliphatic rings. The number of aromatic nitrogens is 5. The van der Waals surface area contributed by atoms with E-state index in [9.17, 15) is 4.79 Å². The lowest BCUT2D eigenvalue weighted by Crippen LogP contribution is -2.40. The van der Waals surface area contributed by atoms with Gasteiger partial charge in [0.05, 0.1) is 13.2 Å². The molecular weight excluding hydrogens is 418 g/mol. The van der Waals surface area contributed by atoms with Crippen molar-refractivity contribution in [1.29, 1.82) is 0 Å². The summed E-state index contributed by atoms with van der Waals surface area (Å²) < 4.78 is 7.06. The molecule has 0 radical (unpaired) electrons. The topological polar surface area (TPSA) is 97.5 Å². The van der Waals surface area contributed by atoms with Gasteiger partial charge in [0.2, 0.25) is 0 Å². The molecule has 0 aliphatic carbocycles. The summed E-state index contributed by atoms with van der Waals surface area (Å²) in [5, 5.41) is 8.08. The molecule has 4 aromatic rings. The van der Waals surface area contributed by atoms with Crippen LogP contribution in [-0.2, 0) is 11.2 Å². The highest BCUT2D eigenvalue weighted by molar-refractivity contribution is 5.95. The molecule has 0 spiro atoms. The first-order valence-electron chi connectivity index (χ1n) is 11.1. The minimum absolute atomic E-state index is 0.00752. The largest absolute Gasteiger partial charge is 0.378 e. The fraction of sp³-hybridized carbons (Fsp3) is 0.292. The third-order valence-electron chi connectivity index (χ3n) is 5.47. The van der Waals surface area contributed by atoms with E-state index in [4.69, 9.17) is 4.74 Å². The first kappa shape index (κ1) is 21.0. The summed E-state index contributed by atoms with van der Waals surface area (Å²) in [5.74, 6) is 1.82. The van der Waals surface area contributed by atoms with Crippen molar-refractivity contribution in [3.63, 3.8) is 0 Å². The minimum Gasteiger partial charge on any atom is -0.378 e. The zero-order chi connectivity index (χ0) is 22.6. The van der Waals surface area contributed by atoms with E-state index in [0.29, 0.717) is 43.5 Å². The molecule has 1 aromatic carbocycles. The summed E-state index contributed by atoms with van der Waals surface area (Å²) in [6, 6.07) is 13.3. The molecule has 1 saturated heterocycles. The molecule has 3 aromatic heterocycles. The molecule has 0 atom stereocenters. The van der Waals surface area contributed by atoms with E-state index in [2.05, 4.69) is 32.3 Å². The standard InChI is InChI=1S/C24H25N7O2/c1-2-5-19-15-21(31-24(27-19)28-22(29-31)18-7-4-9-25-16-18)26-20-8-3-6-17(14-20)23(32)30-10-12-33-13-11-30/h3-4,6-9,14-16,26H,2,5,10-13H2,1H3. The van der Waals surface area contributed by atoms with Crippen molar-refractivity contribution >= 4 is 23.2 Å². The maximum atomic E-state index is 12.9. The first-order chi connectivity index (χ1) is 16.2. The van der Waals surface area contributed by atoms with Crippen LogP contribution in [0.3, 0.4) is 0 Å². The van der Waals surface area contributed by atoms with Crippen molar-refractivity contribution in [1.82, 2.24) is 29.5 Å². The number of aryl methyl sites for hydroxylation is 1. The van der Waals surface area contributed by atoms with Crippen molar-refractivity contribution in [2.75, 3.05) is 31.6 Å². The number of morpholine rings is 1. The summed E-state index contributed by atoms with van der Waals surface area (Å²) in [6.45, 7) is 4.48. The van der Waals surface area contributed by atoms with E-state index in [0.717, 1.165) is 35.6 Å². The van der Waals surface area contributed by atoms with Gasteiger partial charge in [0.1, 0.15) is 5.82 Å². The molecule has 1 amide bonds. The van der Waals surface area contributed by atoms with Gasteiger partial charge in [0.15, 0.2) is 5.82 Å². The molecule has 5 rings (SSSR count). The Morgan fingerprint density at radius 2 is 2.00 bits per heavy atom. The van der Waals surface area contributed by atoms with Crippen LogP contribution in [0.15, 0.2) is 54.9 Å². The monoisotopic (exact) mass is 443 g/mol. The number of pyridine rings is 1. The van der Waals surface area contributed by atoms with Crippen LogP contribution in [0.4, 0.5) is 11.5 Å². The third-order valence-corrected chi connectivity index (χ3v) is 5.47. The summed E-state index contributed by atoms with van der Waals surface area (Å²) in [6.07, 6.45) is 5.25. The SMILES string of the molecule is CCCc1cc(Nc2cccc(C(=O)N3CCOCC3)c2)n2nc(-c3cccnc3)nc2n1. The smallest absolute Gasteiger partial charge is 0.254 e. The van der Waals surface area contributed by atoms with Gasteiger partial charge in [0, 0.05) is 54.1 Å². The molecular formula is C24H25N7O2. The average Bonchev–Trinajstić information content (AvgIpc) is 3.30. The van der Waals surface area contributed by atoms with Gasteiger partial charge in [-0.15, -0.1) is 5.10 Å². The van der Waals surface area contributed by atoms with Gasteiger partial charge in [-0.2, -0.15) is 9.50 Å². The molecule has 4 heterocycles. The molecule has 1 N–H and O–H groups in total. The van der Waals surface area contributed by atoms with Crippen LogP contribution in [0.25, 0.3) is 17.2 Å². The molecule has 9 heteroatoms. The van der Waals surface area contributed by atoms with Gasteiger partial charge in [-0.05, 0) is 36.8 Å². The minimum atomic E-state index is 0.00752. The molecule has 1 fully saturated rings. The van der Waals surface area contributed by atoms with Crippen LogP contribution in [0, 0.1) is 0 Å². The van der Waals surface area contributed by atoms with E-state index in [1.165, 1.54) is 0 Å². The first-order valence-corrected chi connectivity index (χ1v) is 11.1. The maximum absolute atomic E-state index is 12.9. The predicted octanol–water partition coefficient (Wildman–Crippen LogP) is 3.35. The van der Waals surface area contributed by atoms with Gasteiger partial charge in [-0.25, -0.2) is 4.98 Å². The Labute approximate surface area is 191 Å². The number of hydrogen-bond donors (Lipinski definition) is 1. The zero-order valence-corrected chi connectivity index (χ0v) is 18.4. The van der Waals surface area contributed by atoms with E-state index in [1.54, 1.807) is 16.9 Å². The highest BCUT2D eigenvalue weighted by Gasteiger charge is 2.19. The van der Waals surface area contributed by atoms with Gasteiger partial charge in [-0.1, -0.05) is 19.4 Å². The summed E-state index contributed by atoms with van der Waals surface area (Å²) >= 11 is 0. The third kappa shape index (κ3) is 4.54. The van der Waals surface area contributed by atoms with Crippen molar-refractivity contribution in [3.05, 3.63) is 66.1 Å². The van der Waals surface area contributed by atoms with Gasteiger partial charge >= 0.3 is 0 Å². The van der Waals surface area contributed by atoms with Crippen molar-refractivity contribution < 1.29 is 9.53 Å². The lowest BCUT2D eigenvalue weighted by molar-refractivity contribution is 0.0303. The predicted molar refractivity (Wildman–Crippen MR) is 124 cm³/mol. The lowest BCUT2D eigenvalue weighted by atomic mass is 10.1. The number of carbonyl (C=O) groups excluding carboxylic acids is 1. The van der Waals surface area contributed by atoms with E-state index in [-0.39, 0.29) is 5.91 Å². The van der Waals surface area contributed by atoms with Gasteiger partial charge in [-0.3, -0.25) is 9.78 Å². The maximum Gasteiger partial charge on any atom is 0.254 e. The molecule has 0 saturated carbocycles. The van der Waals surface area contributed by atoms with Crippen LogP contribution in [0.5, 0.6) is 0 Å². The second-order valence-corrected chi connectivity index (χ2v) is 7.88. The Bertz CT molecular complexity index is 1270. The number of benzene rings is 1. The van der Waals surface area contributed by atoms with E-state index >= 15 is 0 Å². The van der Waals surface area contributed by atoms with Crippen LogP contribution in [0.2, 0.25) is 0 Å². The number of amides is 1. The molecule has 0 unspecified atom stereocenters. The van der Waals surface area contributed by atoms with Gasteiger partial charge in [0.25, 0.3) is 11.7 Å². The van der Waals surface area contributed by atoms with Crippen LogP contribution in [0.1, 0.15) is 29.4 Å². The second-order valence-electron chi connectivity index (χ2n) is 7.88. The molecule has 33 heavy (non-hydrogen) atoms. The van der Waals surface area contributed by atoms with Crippen molar-refractivity contribution in [2.45, 2.75) is 19.8 Å². The highest BCUT2D eigenvalue weighted by Crippen LogP contribution is 2.23. The number of carbonyl (C=O) groups is 1. The number of rotatable bonds is 6. The summed E-state index contributed by atoms with van der Waals surface area (Å²) in [7, 11) is 0.